The molecule has 2 aromatic heterocycles. The Kier molecular flexibility index (Phi) is 6.41. The van der Waals surface area contributed by atoms with Gasteiger partial charge in [0, 0.05) is 44.4 Å². The van der Waals surface area contributed by atoms with E-state index in [-0.39, 0.29) is 17.5 Å². The molecule has 4 rings (SSSR count). The molecule has 2 saturated heterocycles. The Bertz CT molecular complexity index is 968. The first-order chi connectivity index (χ1) is 14.9. The number of piperidine rings is 2. The molecule has 9 nitrogen and oxygen atoms in total. The van der Waals surface area contributed by atoms with Crippen LogP contribution in [0.25, 0.3) is 0 Å². The Morgan fingerprint density at radius 2 is 1.87 bits per heavy atom. The van der Waals surface area contributed by atoms with E-state index < -0.39 is 0 Å². The molecular weight excluding hydrogens is 396 g/mol. The van der Waals surface area contributed by atoms with Gasteiger partial charge in [0.05, 0.1) is 0 Å². The number of hydrogen-bond acceptors (Lipinski definition) is 7. The van der Waals surface area contributed by atoms with Gasteiger partial charge in [-0.15, -0.1) is 0 Å². The number of aryl methyl sites for hydroxylation is 2. The lowest BCUT2D eigenvalue weighted by Crippen LogP contribution is -2.45. The molecule has 0 spiro atoms. The molecule has 4 heterocycles. The predicted molar refractivity (Wildman–Crippen MR) is 117 cm³/mol. The smallest absolute Gasteiger partial charge is 0.274 e. The molecule has 0 radical (unpaired) electrons. The second-order valence-corrected chi connectivity index (χ2v) is 8.91. The van der Waals surface area contributed by atoms with Gasteiger partial charge in [0.1, 0.15) is 11.6 Å². The zero-order valence-electron chi connectivity index (χ0n) is 18.6. The second kappa shape index (κ2) is 9.21. The van der Waals surface area contributed by atoms with Crippen LogP contribution >= 0.6 is 0 Å². The molecule has 1 amide bonds. The fourth-order valence-electron chi connectivity index (χ4n) is 4.36. The molecule has 9 heteroatoms. The minimum atomic E-state index is -0.157. The molecule has 168 valence electrons. The predicted octanol–water partition coefficient (Wildman–Crippen LogP) is 1.71. The molecule has 0 unspecified atom stereocenters. The van der Waals surface area contributed by atoms with E-state index in [1.54, 1.807) is 13.1 Å². The Balaban J connectivity index is 1.34. The third-order valence-electron chi connectivity index (χ3n) is 6.56. The van der Waals surface area contributed by atoms with Gasteiger partial charge in [0.2, 0.25) is 0 Å². The van der Waals surface area contributed by atoms with Gasteiger partial charge < -0.3 is 14.7 Å². The number of carbonyl (C=O) groups excluding carboxylic acids is 1. The van der Waals surface area contributed by atoms with E-state index in [0.717, 1.165) is 62.1 Å². The monoisotopic (exact) mass is 428 g/mol. The molecular formula is C22H32N6O3. The van der Waals surface area contributed by atoms with E-state index >= 15 is 0 Å². The molecule has 0 bridgehead atoms. The molecule has 1 N–H and O–H groups in total. The molecule has 2 aliphatic heterocycles. The van der Waals surface area contributed by atoms with E-state index in [4.69, 9.17) is 4.52 Å². The van der Waals surface area contributed by atoms with Crippen LogP contribution in [0.2, 0.25) is 0 Å². The van der Waals surface area contributed by atoms with Crippen molar-refractivity contribution in [1.82, 2.24) is 25.2 Å². The van der Waals surface area contributed by atoms with Gasteiger partial charge in [-0.25, -0.2) is 4.68 Å². The highest BCUT2D eigenvalue weighted by Gasteiger charge is 2.27. The van der Waals surface area contributed by atoms with Crippen molar-refractivity contribution in [3.8, 4) is 0 Å². The highest BCUT2D eigenvalue weighted by molar-refractivity contribution is 5.94. The van der Waals surface area contributed by atoms with Crippen molar-refractivity contribution in [2.24, 2.45) is 13.0 Å². The summed E-state index contributed by atoms with van der Waals surface area (Å²) in [5.41, 5.74) is 1.20. The summed E-state index contributed by atoms with van der Waals surface area (Å²) in [5, 5.41) is 11.5. The number of nitrogens with zero attached hydrogens (tertiary/aromatic N) is 5. The number of likely N-dealkylation sites (tertiary alicyclic amines) is 1. The fraction of sp³-hybridized carbons (Fsp3) is 0.636. The molecule has 2 fully saturated rings. The highest BCUT2D eigenvalue weighted by Crippen LogP contribution is 2.22. The zero-order valence-corrected chi connectivity index (χ0v) is 18.6. The van der Waals surface area contributed by atoms with Gasteiger partial charge in [-0.3, -0.25) is 14.5 Å². The summed E-state index contributed by atoms with van der Waals surface area (Å²) in [4.78, 5) is 29.0. The van der Waals surface area contributed by atoms with Gasteiger partial charge in [0.25, 0.3) is 11.5 Å². The Morgan fingerprint density at radius 1 is 1.16 bits per heavy atom. The van der Waals surface area contributed by atoms with Crippen molar-refractivity contribution in [3.63, 3.8) is 0 Å². The highest BCUT2D eigenvalue weighted by atomic mass is 16.5. The maximum absolute atomic E-state index is 13.0. The third kappa shape index (κ3) is 4.98. The van der Waals surface area contributed by atoms with E-state index in [2.05, 4.69) is 32.3 Å². The molecule has 0 atom stereocenters. The van der Waals surface area contributed by atoms with Crippen molar-refractivity contribution >= 4 is 11.7 Å². The first-order valence-electron chi connectivity index (χ1n) is 11.2. The lowest BCUT2D eigenvalue weighted by molar-refractivity contribution is 0.0919. The van der Waals surface area contributed by atoms with E-state index in [1.165, 1.54) is 23.6 Å². The standard InChI is InChI=1S/C22H32N6O3/c1-15-6-10-27(11-7-15)14-18-16(2)31-25-21(18)22(30)23-17-8-12-28(13-9-17)19-4-5-20(29)26(3)24-19/h4-5,15,17H,6-14H2,1-3H3,(H,23,30). The van der Waals surface area contributed by atoms with Crippen LogP contribution in [0.15, 0.2) is 21.5 Å². The van der Waals surface area contributed by atoms with Crippen LogP contribution in [0, 0.1) is 12.8 Å². The molecule has 2 aliphatic rings. The summed E-state index contributed by atoms with van der Waals surface area (Å²) >= 11 is 0. The maximum Gasteiger partial charge on any atom is 0.274 e. The van der Waals surface area contributed by atoms with Crippen LogP contribution in [0.3, 0.4) is 0 Å². The van der Waals surface area contributed by atoms with Crippen molar-refractivity contribution in [2.45, 2.75) is 52.1 Å². The first kappa shape index (κ1) is 21.5. The largest absolute Gasteiger partial charge is 0.361 e. The number of rotatable bonds is 5. The van der Waals surface area contributed by atoms with Crippen LogP contribution in [-0.4, -0.2) is 58.0 Å². The van der Waals surface area contributed by atoms with Crippen LogP contribution < -0.4 is 15.8 Å². The van der Waals surface area contributed by atoms with Gasteiger partial charge in [-0.2, -0.15) is 5.10 Å². The first-order valence-corrected chi connectivity index (χ1v) is 11.2. The van der Waals surface area contributed by atoms with E-state index in [9.17, 15) is 9.59 Å². The molecule has 0 aliphatic carbocycles. The van der Waals surface area contributed by atoms with Crippen LogP contribution in [0.5, 0.6) is 0 Å². The average Bonchev–Trinajstić information content (AvgIpc) is 3.12. The summed E-state index contributed by atoms with van der Waals surface area (Å²) in [5.74, 6) is 2.12. The minimum absolute atomic E-state index is 0.0805. The maximum atomic E-state index is 13.0. The lowest BCUT2D eigenvalue weighted by Gasteiger charge is -2.33. The van der Waals surface area contributed by atoms with Crippen molar-refractivity contribution in [1.29, 1.82) is 0 Å². The lowest BCUT2D eigenvalue weighted by atomic mass is 9.98. The van der Waals surface area contributed by atoms with Crippen molar-refractivity contribution in [3.05, 3.63) is 39.5 Å². The Morgan fingerprint density at radius 3 is 2.55 bits per heavy atom. The van der Waals surface area contributed by atoms with Gasteiger partial charge in [-0.05, 0) is 57.7 Å². The normalized spacial score (nSPS) is 19.0. The number of nitrogens with one attached hydrogen (secondary N) is 1. The second-order valence-electron chi connectivity index (χ2n) is 8.91. The van der Waals surface area contributed by atoms with Gasteiger partial charge >= 0.3 is 0 Å². The SMILES string of the molecule is Cc1onc(C(=O)NC2CCN(c3ccc(=O)n(C)n3)CC2)c1CN1CCC(C)CC1. The number of amides is 1. The Hall–Kier alpha value is -2.68. The number of aromatic nitrogens is 3. The molecule has 0 aromatic carbocycles. The van der Waals surface area contributed by atoms with Crippen molar-refractivity contribution in [2.75, 3.05) is 31.1 Å². The van der Waals surface area contributed by atoms with Crippen LogP contribution in [0.4, 0.5) is 5.82 Å². The topological polar surface area (TPSA) is 96.5 Å². The zero-order chi connectivity index (χ0) is 22.0. The Labute approximate surface area is 182 Å². The number of anilines is 1. The quantitative estimate of drug-likeness (QED) is 0.774. The number of carbonyl (C=O) groups is 1. The molecule has 2 aromatic rings. The average molecular weight is 429 g/mol. The summed E-state index contributed by atoms with van der Waals surface area (Å²) in [6.07, 6.45) is 4.00. The summed E-state index contributed by atoms with van der Waals surface area (Å²) in [6, 6.07) is 3.37. The van der Waals surface area contributed by atoms with E-state index in [1.807, 2.05) is 6.92 Å². The molecule has 31 heavy (non-hydrogen) atoms. The molecule has 0 saturated carbocycles. The van der Waals surface area contributed by atoms with E-state index in [0.29, 0.717) is 12.2 Å². The summed E-state index contributed by atoms with van der Waals surface area (Å²) in [6.45, 7) is 8.52. The fourth-order valence-corrected chi connectivity index (χ4v) is 4.36. The van der Waals surface area contributed by atoms with Gasteiger partial charge in [0.15, 0.2) is 5.69 Å². The van der Waals surface area contributed by atoms with Crippen LogP contribution in [-0.2, 0) is 13.6 Å². The summed E-state index contributed by atoms with van der Waals surface area (Å²) < 4.78 is 6.73. The van der Waals surface area contributed by atoms with Crippen LogP contribution in [0.1, 0.15) is 54.4 Å². The summed E-state index contributed by atoms with van der Waals surface area (Å²) in [7, 11) is 1.65. The van der Waals surface area contributed by atoms with Crippen molar-refractivity contribution < 1.29 is 9.32 Å². The number of hydrogen-bond donors (Lipinski definition) is 1. The van der Waals surface area contributed by atoms with Gasteiger partial charge in [-0.1, -0.05) is 12.1 Å². The minimum Gasteiger partial charge on any atom is -0.361 e. The third-order valence-corrected chi connectivity index (χ3v) is 6.56.